The Morgan fingerprint density at radius 3 is 2.64 bits per heavy atom. The van der Waals surface area contributed by atoms with Crippen molar-refractivity contribution in [2.75, 3.05) is 0 Å². The van der Waals surface area contributed by atoms with E-state index >= 15 is 0 Å². The van der Waals surface area contributed by atoms with Crippen LogP contribution in [0.25, 0.3) is 0 Å². The van der Waals surface area contributed by atoms with E-state index in [1.807, 2.05) is 19.1 Å². The molecule has 0 aliphatic rings. The Morgan fingerprint density at radius 2 is 2.18 bits per heavy atom. The first-order valence-electron chi connectivity index (χ1n) is 3.14. The van der Waals surface area contributed by atoms with E-state index in [2.05, 4.69) is 12.6 Å². The third kappa shape index (κ3) is 1.94. The van der Waals surface area contributed by atoms with Gasteiger partial charge in [0.1, 0.15) is 5.75 Å². The number of aromatic hydroxyl groups is 1. The Kier molecular flexibility index (Phi) is 2.52. The molecule has 0 fully saturated rings. The molecule has 0 spiro atoms. The fraction of sp³-hybridized carbons (Fsp3) is 0.125. The van der Waals surface area contributed by atoms with Crippen molar-refractivity contribution in [1.29, 1.82) is 0 Å². The third-order valence-electron chi connectivity index (χ3n) is 1.38. The van der Waals surface area contributed by atoms with E-state index in [1.165, 1.54) is 0 Å². The molecule has 0 radical (unpaired) electrons. The number of hydrogen-bond acceptors (Lipinski definition) is 2. The molecule has 1 rings (SSSR count). The number of phenols is 1. The minimum Gasteiger partial charge on any atom is -0.507 e. The Hall–Kier alpha value is -0.540. The second-order valence-corrected chi connectivity index (χ2v) is 3.48. The van der Waals surface area contributed by atoms with E-state index in [0.717, 1.165) is 5.56 Å². The van der Waals surface area contributed by atoms with Gasteiger partial charge in [-0.1, -0.05) is 23.8 Å². The molecule has 0 aromatic heterocycles. The largest absolute Gasteiger partial charge is 0.507 e. The van der Waals surface area contributed by atoms with Crippen molar-refractivity contribution in [3.05, 3.63) is 29.3 Å². The molecular formula is C8H8OS2. The van der Waals surface area contributed by atoms with E-state index in [9.17, 15) is 5.11 Å². The van der Waals surface area contributed by atoms with Crippen molar-refractivity contribution in [2.24, 2.45) is 0 Å². The highest BCUT2D eigenvalue weighted by atomic mass is 32.1. The normalized spacial score (nSPS) is 9.64. The Bertz CT molecular complexity index is 294. The second kappa shape index (κ2) is 3.24. The molecule has 0 heterocycles. The number of aryl methyl sites for hydroxylation is 1. The number of thiocarbonyl (C=S) groups is 1. The predicted octanol–water partition coefficient (Wildman–Crippen LogP) is 2.31. The summed E-state index contributed by atoms with van der Waals surface area (Å²) in [5.74, 6) is 0.190. The van der Waals surface area contributed by atoms with Gasteiger partial charge in [0.15, 0.2) is 0 Å². The minimum atomic E-state index is 0.190. The zero-order chi connectivity index (χ0) is 8.43. The lowest BCUT2D eigenvalue weighted by molar-refractivity contribution is 0.474. The van der Waals surface area contributed by atoms with Crippen molar-refractivity contribution in [3.8, 4) is 5.75 Å². The van der Waals surface area contributed by atoms with Crippen molar-refractivity contribution < 1.29 is 5.11 Å². The Balaban J connectivity index is 3.23. The monoisotopic (exact) mass is 184 g/mol. The van der Waals surface area contributed by atoms with Gasteiger partial charge in [0.05, 0.1) is 4.20 Å². The zero-order valence-electron chi connectivity index (χ0n) is 6.03. The van der Waals surface area contributed by atoms with Crippen molar-refractivity contribution in [3.63, 3.8) is 0 Å². The summed E-state index contributed by atoms with van der Waals surface area (Å²) in [5, 5.41) is 9.27. The maximum Gasteiger partial charge on any atom is 0.124 e. The fourth-order valence-electron chi connectivity index (χ4n) is 0.821. The molecule has 0 aliphatic carbocycles. The van der Waals surface area contributed by atoms with Crippen LogP contribution in [0.2, 0.25) is 0 Å². The topological polar surface area (TPSA) is 20.2 Å². The van der Waals surface area contributed by atoms with Crippen LogP contribution >= 0.6 is 24.8 Å². The first kappa shape index (κ1) is 8.56. The predicted molar refractivity (Wildman–Crippen MR) is 53.5 cm³/mol. The summed E-state index contributed by atoms with van der Waals surface area (Å²) in [7, 11) is 0. The van der Waals surface area contributed by atoms with Crippen LogP contribution in [-0.2, 0) is 0 Å². The van der Waals surface area contributed by atoms with E-state index in [0.29, 0.717) is 9.76 Å². The molecule has 0 amide bonds. The summed E-state index contributed by atoms with van der Waals surface area (Å²) in [6, 6.07) is 5.25. The van der Waals surface area contributed by atoms with Gasteiger partial charge in [-0.2, -0.15) is 0 Å². The third-order valence-corrected chi connectivity index (χ3v) is 1.84. The van der Waals surface area contributed by atoms with Gasteiger partial charge in [-0.3, -0.25) is 0 Å². The zero-order valence-corrected chi connectivity index (χ0v) is 7.75. The van der Waals surface area contributed by atoms with Crippen molar-refractivity contribution in [2.45, 2.75) is 6.92 Å². The first-order valence-corrected chi connectivity index (χ1v) is 3.99. The number of benzene rings is 1. The van der Waals surface area contributed by atoms with Gasteiger partial charge in [-0.05, 0) is 19.1 Å². The lowest BCUT2D eigenvalue weighted by Crippen LogP contribution is -1.88. The highest BCUT2D eigenvalue weighted by Gasteiger charge is 2.02. The van der Waals surface area contributed by atoms with Crippen LogP contribution in [0.1, 0.15) is 11.1 Å². The molecule has 0 atom stereocenters. The molecule has 1 nitrogen and oxygen atoms in total. The smallest absolute Gasteiger partial charge is 0.124 e. The van der Waals surface area contributed by atoms with Crippen molar-refractivity contribution in [1.82, 2.24) is 0 Å². The van der Waals surface area contributed by atoms with Crippen LogP contribution in [0.15, 0.2) is 18.2 Å². The average Bonchev–Trinajstić information content (AvgIpc) is 1.94. The summed E-state index contributed by atoms with van der Waals surface area (Å²) in [6.45, 7) is 1.94. The molecule has 0 saturated heterocycles. The van der Waals surface area contributed by atoms with Crippen LogP contribution in [0, 0.1) is 6.92 Å². The quantitative estimate of drug-likeness (QED) is 0.516. The maximum absolute atomic E-state index is 9.27. The standard InChI is InChI=1S/C8H8OS2/c1-5-2-3-7(9)6(4-5)8(10)11/h2-4,9H,1H3,(H,10,11). The summed E-state index contributed by atoms with van der Waals surface area (Å²) in [5.41, 5.74) is 1.69. The van der Waals surface area contributed by atoms with Gasteiger partial charge >= 0.3 is 0 Å². The van der Waals surface area contributed by atoms with Gasteiger partial charge in [0, 0.05) is 5.56 Å². The lowest BCUT2D eigenvalue weighted by atomic mass is 10.1. The lowest BCUT2D eigenvalue weighted by Gasteiger charge is -2.01. The van der Waals surface area contributed by atoms with Crippen molar-refractivity contribution >= 4 is 29.0 Å². The van der Waals surface area contributed by atoms with Crippen LogP contribution in [-0.4, -0.2) is 9.30 Å². The van der Waals surface area contributed by atoms with Gasteiger partial charge in [0.25, 0.3) is 0 Å². The van der Waals surface area contributed by atoms with Gasteiger partial charge in [-0.15, -0.1) is 12.6 Å². The molecule has 0 bridgehead atoms. The second-order valence-electron chi connectivity index (χ2n) is 2.33. The molecule has 1 aromatic rings. The highest BCUT2D eigenvalue weighted by molar-refractivity contribution is 8.11. The molecule has 58 valence electrons. The van der Waals surface area contributed by atoms with Gasteiger partial charge < -0.3 is 5.11 Å². The van der Waals surface area contributed by atoms with Gasteiger partial charge in [0.2, 0.25) is 0 Å². The number of thiol groups is 1. The molecule has 0 unspecified atom stereocenters. The van der Waals surface area contributed by atoms with E-state index in [1.54, 1.807) is 6.07 Å². The summed E-state index contributed by atoms with van der Waals surface area (Å²) < 4.78 is 0.422. The Labute approximate surface area is 76.5 Å². The Morgan fingerprint density at radius 1 is 1.55 bits per heavy atom. The summed E-state index contributed by atoms with van der Waals surface area (Å²) in [6.07, 6.45) is 0. The maximum atomic E-state index is 9.27. The summed E-state index contributed by atoms with van der Waals surface area (Å²) in [4.78, 5) is 0. The van der Waals surface area contributed by atoms with E-state index in [4.69, 9.17) is 12.2 Å². The van der Waals surface area contributed by atoms with Crippen LogP contribution in [0.3, 0.4) is 0 Å². The SMILES string of the molecule is Cc1ccc(O)c(C(=S)S)c1. The number of phenolic OH excluding ortho intramolecular Hbond substituents is 1. The minimum absolute atomic E-state index is 0.190. The molecule has 1 aromatic carbocycles. The number of rotatable bonds is 1. The first-order chi connectivity index (χ1) is 5.11. The average molecular weight is 184 g/mol. The molecule has 3 heteroatoms. The molecule has 0 saturated carbocycles. The fourth-order valence-corrected chi connectivity index (χ4v) is 1.16. The van der Waals surface area contributed by atoms with Crippen LogP contribution in [0.4, 0.5) is 0 Å². The molecule has 0 aliphatic heterocycles. The molecule has 11 heavy (non-hydrogen) atoms. The van der Waals surface area contributed by atoms with Gasteiger partial charge in [-0.25, -0.2) is 0 Å². The van der Waals surface area contributed by atoms with E-state index < -0.39 is 0 Å². The molecule has 1 N–H and O–H groups in total. The summed E-state index contributed by atoms with van der Waals surface area (Å²) >= 11 is 8.79. The molecular weight excluding hydrogens is 176 g/mol. The number of hydrogen-bond donors (Lipinski definition) is 2. The van der Waals surface area contributed by atoms with Crippen LogP contribution in [0.5, 0.6) is 5.75 Å². The highest BCUT2D eigenvalue weighted by Crippen LogP contribution is 2.20. The van der Waals surface area contributed by atoms with Crippen LogP contribution < -0.4 is 0 Å². The van der Waals surface area contributed by atoms with E-state index in [-0.39, 0.29) is 5.75 Å².